The van der Waals surface area contributed by atoms with Crippen molar-refractivity contribution in [3.63, 3.8) is 0 Å². The van der Waals surface area contributed by atoms with Gasteiger partial charge in [0, 0.05) is 8.41 Å². The molecular weight excluding hydrogens is 198 g/mol. The van der Waals surface area contributed by atoms with E-state index in [0.717, 1.165) is 0 Å². The first-order valence-corrected chi connectivity index (χ1v) is 3.33. The maximum absolute atomic E-state index is 9.90. The molecule has 0 unspecified atom stereocenters. The number of hydrogen-bond donors (Lipinski definition) is 5. The fourth-order valence-electron chi connectivity index (χ4n) is 0.618. The van der Waals surface area contributed by atoms with Crippen molar-refractivity contribution in [3.8, 4) is 0 Å². The molecule has 3 radical (unpaired) electrons. The number of carbonyl (C=O) groups excluding carboxylic acids is 1. The summed E-state index contributed by atoms with van der Waals surface area (Å²) in [5.74, 6) is 0. The zero-order valence-corrected chi connectivity index (χ0v) is 7.22. The van der Waals surface area contributed by atoms with Gasteiger partial charge in [-0.05, 0) is 0 Å². The molecule has 0 spiro atoms. The molecule has 0 aromatic heterocycles. The number of halogens is 1. The van der Waals surface area contributed by atoms with Crippen molar-refractivity contribution in [2.75, 3.05) is 6.61 Å². The van der Waals surface area contributed by atoms with Crippen LogP contribution in [0, 0.1) is 0 Å². The molecule has 0 saturated heterocycles. The molecule has 0 amide bonds. The Kier molecular flexibility index (Phi) is 12.3. The zero-order chi connectivity index (χ0) is 9.72. The van der Waals surface area contributed by atoms with E-state index in [1.165, 1.54) is 0 Å². The minimum Gasteiger partial charge on any atom is -0.394 e. The molecule has 6 nitrogen and oxygen atoms in total. The number of aliphatic hydroxyl groups excluding tert-OH is 5. The van der Waals surface area contributed by atoms with Gasteiger partial charge in [0.1, 0.15) is 24.4 Å². The molecule has 0 saturated carbocycles. The summed E-state index contributed by atoms with van der Waals surface area (Å²) in [6, 6.07) is 0. The topological polar surface area (TPSA) is 118 Å². The molecule has 5 N–H and O–H groups in total. The normalized spacial score (nSPS) is 18.1. The Morgan fingerprint density at radius 2 is 1.50 bits per heavy atom. The largest absolute Gasteiger partial charge is 0.394 e. The number of aldehydes is 1. The second-order valence-corrected chi connectivity index (χ2v) is 2.36. The average molecular weight is 211 g/mol. The highest BCUT2D eigenvalue weighted by molar-refractivity contribution is 5.75. The molecule has 0 aromatic rings. The van der Waals surface area contributed by atoms with E-state index in [2.05, 4.69) is 0 Å². The first kappa shape index (κ1) is 19.1. The Labute approximate surface area is 81.7 Å². The fourth-order valence-corrected chi connectivity index (χ4v) is 0.618. The summed E-state index contributed by atoms with van der Waals surface area (Å²) in [5, 5.41) is 43.5. The maximum atomic E-state index is 9.90. The number of aliphatic hydroxyl groups is 5. The van der Waals surface area contributed by atoms with E-state index in [-0.39, 0.29) is 19.4 Å². The van der Waals surface area contributed by atoms with Gasteiger partial charge in [-0.25, -0.2) is 0 Å². The van der Waals surface area contributed by atoms with Crippen LogP contribution in [-0.4, -0.2) is 71.3 Å². The Morgan fingerprint density at radius 1 is 1.07 bits per heavy atom. The van der Waals surface area contributed by atoms with Gasteiger partial charge in [0.15, 0.2) is 6.29 Å². The van der Waals surface area contributed by atoms with E-state index < -0.39 is 31.0 Å². The molecule has 0 bridgehead atoms. The van der Waals surface area contributed by atoms with Crippen LogP contribution in [0.4, 0.5) is 4.70 Å². The Morgan fingerprint density at radius 3 is 1.79 bits per heavy atom. The Hall–Kier alpha value is -0.535. The Bertz CT molecular complexity index is 148. The van der Waals surface area contributed by atoms with Crippen LogP contribution >= 0.6 is 0 Å². The number of hydrogen-bond acceptors (Lipinski definition) is 6. The lowest BCUT2D eigenvalue weighted by Crippen LogP contribution is -2.46. The number of carbonyl (C=O) groups is 1. The summed E-state index contributed by atoms with van der Waals surface area (Å²) in [6.07, 6.45) is -6.84. The monoisotopic (exact) mass is 211 g/mol. The van der Waals surface area contributed by atoms with Gasteiger partial charge >= 0.3 is 0 Å². The minimum atomic E-state index is -1.79. The summed E-state index contributed by atoms with van der Waals surface area (Å²) in [6.45, 7) is -0.760. The lowest BCUT2D eigenvalue weighted by Gasteiger charge is -2.22. The molecule has 0 aliphatic rings. The Balaban J connectivity index is -0.000000605. The summed E-state index contributed by atoms with van der Waals surface area (Å²) >= 11 is 0. The van der Waals surface area contributed by atoms with Gasteiger partial charge in [-0.1, -0.05) is 0 Å². The van der Waals surface area contributed by atoms with Crippen LogP contribution < -0.4 is 0 Å². The van der Waals surface area contributed by atoms with E-state index in [1.54, 1.807) is 0 Å². The SMILES string of the molecule is F.O=C[C@H](O)[C@@H](O)[C@H](O)[C@H](O)CO.[B]. The van der Waals surface area contributed by atoms with Crippen LogP contribution in [0.5, 0.6) is 0 Å². The molecule has 0 aliphatic heterocycles. The first-order chi connectivity index (χ1) is 5.54. The van der Waals surface area contributed by atoms with Crippen LogP contribution in [0.1, 0.15) is 0 Å². The highest BCUT2D eigenvalue weighted by Gasteiger charge is 2.29. The molecule has 8 heteroatoms. The second-order valence-electron chi connectivity index (χ2n) is 2.36. The molecule has 83 valence electrons. The quantitative estimate of drug-likeness (QED) is 0.237. The van der Waals surface area contributed by atoms with Gasteiger partial charge in [0.25, 0.3) is 0 Å². The van der Waals surface area contributed by atoms with Crippen molar-refractivity contribution in [2.24, 2.45) is 0 Å². The molecular formula is C6H13BFO6. The van der Waals surface area contributed by atoms with Crippen LogP contribution in [-0.2, 0) is 4.79 Å². The van der Waals surface area contributed by atoms with E-state index in [9.17, 15) is 4.79 Å². The predicted octanol–water partition coefficient (Wildman–Crippen LogP) is -3.61. The number of rotatable bonds is 5. The van der Waals surface area contributed by atoms with Gasteiger partial charge < -0.3 is 30.3 Å². The molecule has 14 heavy (non-hydrogen) atoms. The van der Waals surface area contributed by atoms with Crippen molar-refractivity contribution in [3.05, 3.63) is 0 Å². The average Bonchev–Trinajstić information content (AvgIpc) is 2.12. The highest BCUT2D eigenvalue weighted by Crippen LogP contribution is 2.02. The molecule has 0 aliphatic carbocycles. The third-order valence-electron chi connectivity index (χ3n) is 1.42. The highest BCUT2D eigenvalue weighted by atomic mass is 19.0. The van der Waals surface area contributed by atoms with Gasteiger partial charge in [0.2, 0.25) is 0 Å². The van der Waals surface area contributed by atoms with E-state index >= 15 is 0 Å². The van der Waals surface area contributed by atoms with Crippen molar-refractivity contribution in [1.29, 1.82) is 0 Å². The second kappa shape index (κ2) is 9.04. The minimum absolute atomic E-state index is 0. The third kappa shape index (κ3) is 5.25. The van der Waals surface area contributed by atoms with Crippen LogP contribution in [0.3, 0.4) is 0 Å². The van der Waals surface area contributed by atoms with E-state index in [0.29, 0.717) is 0 Å². The van der Waals surface area contributed by atoms with Crippen LogP contribution in [0.15, 0.2) is 0 Å². The van der Waals surface area contributed by atoms with Crippen LogP contribution in [0.2, 0.25) is 0 Å². The summed E-state index contributed by atoms with van der Waals surface area (Å²) < 4.78 is 0. The summed E-state index contributed by atoms with van der Waals surface area (Å²) in [5.41, 5.74) is 0. The first-order valence-electron chi connectivity index (χ1n) is 3.33. The van der Waals surface area contributed by atoms with E-state index in [4.69, 9.17) is 25.5 Å². The molecule has 4 atom stereocenters. The maximum Gasteiger partial charge on any atom is 0.151 e. The lowest BCUT2D eigenvalue weighted by atomic mass is 10.0. The van der Waals surface area contributed by atoms with Crippen molar-refractivity contribution in [2.45, 2.75) is 24.4 Å². The molecule has 0 heterocycles. The smallest absolute Gasteiger partial charge is 0.151 e. The predicted molar refractivity (Wildman–Crippen MR) is 45.4 cm³/mol. The van der Waals surface area contributed by atoms with Gasteiger partial charge in [-0.3, -0.25) is 4.70 Å². The molecule has 0 fully saturated rings. The zero-order valence-electron chi connectivity index (χ0n) is 7.22. The standard InChI is InChI=1S/C6H12O6.B.FH/c7-1-3(9)5(11)6(12)4(10)2-8;;/h1,3-6,8-12H,2H2;;1H/t3-,4+,5+,6+;;/m0../s1. The third-order valence-corrected chi connectivity index (χ3v) is 1.42. The summed E-state index contributed by atoms with van der Waals surface area (Å²) in [4.78, 5) is 9.90. The fraction of sp³-hybridized carbons (Fsp3) is 0.833. The van der Waals surface area contributed by atoms with Crippen LogP contribution in [0.25, 0.3) is 0 Å². The van der Waals surface area contributed by atoms with Crippen molar-refractivity contribution >= 4 is 14.7 Å². The van der Waals surface area contributed by atoms with Crippen molar-refractivity contribution in [1.82, 2.24) is 0 Å². The molecule has 0 rings (SSSR count). The summed E-state index contributed by atoms with van der Waals surface area (Å²) in [7, 11) is 0. The lowest BCUT2D eigenvalue weighted by molar-refractivity contribution is -0.136. The van der Waals surface area contributed by atoms with Gasteiger partial charge in [0.05, 0.1) is 6.61 Å². The van der Waals surface area contributed by atoms with Crippen molar-refractivity contribution < 1.29 is 35.0 Å². The van der Waals surface area contributed by atoms with Gasteiger partial charge in [-0.2, -0.15) is 0 Å². The van der Waals surface area contributed by atoms with Gasteiger partial charge in [-0.15, -0.1) is 0 Å². The van der Waals surface area contributed by atoms with E-state index in [1.807, 2.05) is 0 Å². The molecule has 0 aromatic carbocycles.